The Morgan fingerprint density at radius 3 is 2.34 bits per heavy atom. The predicted octanol–water partition coefficient (Wildman–Crippen LogP) is 3.70. The van der Waals surface area contributed by atoms with Crippen LogP contribution in [0.15, 0.2) is 78.9 Å². The number of nitrogens with one attached hydrogen (secondary N) is 3. The minimum atomic E-state index is -0.954. The summed E-state index contributed by atoms with van der Waals surface area (Å²) in [6, 6.07) is 21.5. The molecular weight excluding hydrogens is 474 g/mol. The molecule has 4 N–H and O–H groups in total. The van der Waals surface area contributed by atoms with Crippen LogP contribution < -0.4 is 20.9 Å². The second-order valence-corrected chi connectivity index (χ2v) is 7.87. The second-order valence-electron chi connectivity index (χ2n) is 7.43. The molecule has 0 aromatic heterocycles. The van der Waals surface area contributed by atoms with Crippen LogP contribution in [0.2, 0.25) is 5.02 Å². The summed E-state index contributed by atoms with van der Waals surface area (Å²) in [5, 5.41) is 14.4. The molecule has 0 saturated carbocycles. The van der Waals surface area contributed by atoms with Crippen molar-refractivity contribution in [2.75, 3.05) is 11.9 Å². The first-order valence-electron chi connectivity index (χ1n) is 10.6. The fourth-order valence-electron chi connectivity index (χ4n) is 3.05. The first kappa shape index (κ1) is 25.5. The van der Waals surface area contributed by atoms with Gasteiger partial charge in [0, 0.05) is 17.1 Å². The lowest BCUT2D eigenvalue weighted by Crippen LogP contribution is -2.45. The van der Waals surface area contributed by atoms with Gasteiger partial charge in [-0.3, -0.25) is 14.8 Å². The summed E-state index contributed by atoms with van der Waals surface area (Å²) in [6.45, 7) is -0.294. The van der Waals surface area contributed by atoms with Gasteiger partial charge in [-0.2, -0.15) is 0 Å². The van der Waals surface area contributed by atoms with Crippen molar-refractivity contribution >= 4 is 35.2 Å². The molecule has 0 fully saturated rings. The molecule has 0 aliphatic heterocycles. The van der Waals surface area contributed by atoms with E-state index >= 15 is 0 Å². The van der Waals surface area contributed by atoms with E-state index in [-0.39, 0.29) is 19.6 Å². The number of hydrogen-bond acceptors (Lipinski definition) is 6. The van der Waals surface area contributed by atoms with Gasteiger partial charge in [-0.15, -0.1) is 0 Å². The zero-order valence-electron chi connectivity index (χ0n) is 18.6. The Morgan fingerprint density at radius 1 is 0.914 bits per heavy atom. The van der Waals surface area contributed by atoms with Crippen molar-refractivity contribution in [1.29, 1.82) is 0 Å². The van der Waals surface area contributed by atoms with Crippen LogP contribution >= 0.6 is 11.6 Å². The van der Waals surface area contributed by atoms with Crippen molar-refractivity contribution in [1.82, 2.24) is 10.8 Å². The lowest BCUT2D eigenvalue weighted by Gasteiger charge is -2.19. The Bertz CT molecular complexity index is 1140. The summed E-state index contributed by atoms with van der Waals surface area (Å²) >= 11 is 6.00. The number of alkyl carbamates (subject to hydrolysis) is 1. The topological polar surface area (TPSA) is 126 Å². The number of hydroxylamine groups is 1. The molecule has 182 valence electrons. The summed E-state index contributed by atoms with van der Waals surface area (Å²) in [6.07, 6.45) is -0.584. The molecule has 1 atom stereocenters. The van der Waals surface area contributed by atoms with Crippen LogP contribution in [-0.4, -0.2) is 35.8 Å². The zero-order valence-corrected chi connectivity index (χ0v) is 19.3. The second kappa shape index (κ2) is 13.0. The average molecular weight is 498 g/mol. The molecule has 0 aliphatic carbocycles. The van der Waals surface area contributed by atoms with E-state index in [9.17, 15) is 14.4 Å². The lowest BCUT2D eigenvalue weighted by atomic mass is 10.0. The summed E-state index contributed by atoms with van der Waals surface area (Å²) in [5.41, 5.74) is 3.50. The summed E-state index contributed by atoms with van der Waals surface area (Å²) in [4.78, 5) is 36.5. The van der Waals surface area contributed by atoms with Gasteiger partial charge in [-0.1, -0.05) is 60.1 Å². The van der Waals surface area contributed by atoms with Gasteiger partial charge in [-0.25, -0.2) is 10.3 Å². The molecule has 0 aliphatic rings. The molecule has 35 heavy (non-hydrogen) atoms. The Hall–Kier alpha value is -4.08. The van der Waals surface area contributed by atoms with E-state index in [1.54, 1.807) is 48.5 Å². The monoisotopic (exact) mass is 497 g/mol. The van der Waals surface area contributed by atoms with Crippen molar-refractivity contribution < 1.29 is 29.1 Å². The summed E-state index contributed by atoms with van der Waals surface area (Å²) < 4.78 is 10.5. The number of halogens is 1. The van der Waals surface area contributed by atoms with E-state index < -0.39 is 23.9 Å². The average Bonchev–Trinajstić information content (AvgIpc) is 2.87. The van der Waals surface area contributed by atoms with E-state index in [4.69, 9.17) is 26.3 Å². The van der Waals surface area contributed by atoms with Gasteiger partial charge in [0.1, 0.15) is 18.4 Å². The van der Waals surface area contributed by atoms with Crippen molar-refractivity contribution in [2.45, 2.75) is 19.1 Å². The smallest absolute Gasteiger partial charge is 0.408 e. The normalized spacial score (nSPS) is 11.1. The molecule has 0 unspecified atom stereocenters. The van der Waals surface area contributed by atoms with Crippen molar-refractivity contribution in [3.8, 4) is 5.75 Å². The minimum absolute atomic E-state index is 0.0583. The molecule has 9 nitrogen and oxygen atoms in total. The first-order valence-corrected chi connectivity index (χ1v) is 11.0. The van der Waals surface area contributed by atoms with Gasteiger partial charge in [0.15, 0.2) is 6.61 Å². The molecule has 0 radical (unpaired) electrons. The number of rotatable bonds is 10. The highest BCUT2D eigenvalue weighted by Gasteiger charge is 2.22. The molecule has 0 saturated heterocycles. The van der Waals surface area contributed by atoms with Crippen LogP contribution in [0, 0.1) is 0 Å². The molecule has 0 spiro atoms. The lowest BCUT2D eigenvalue weighted by molar-refractivity contribution is -0.131. The van der Waals surface area contributed by atoms with Crippen LogP contribution in [0.25, 0.3) is 0 Å². The largest absolute Gasteiger partial charge is 0.484 e. The maximum atomic E-state index is 13.0. The van der Waals surface area contributed by atoms with Gasteiger partial charge in [-0.05, 0) is 41.5 Å². The molecule has 10 heteroatoms. The number of carbonyl (C=O) groups excluding carboxylic acids is 3. The van der Waals surface area contributed by atoms with Crippen molar-refractivity contribution in [3.05, 3.63) is 95.0 Å². The van der Waals surface area contributed by atoms with Gasteiger partial charge < -0.3 is 20.1 Å². The molecular formula is C25H24ClN3O6. The highest BCUT2D eigenvalue weighted by molar-refractivity contribution is 6.30. The number of amides is 3. The van der Waals surface area contributed by atoms with Gasteiger partial charge in [0.2, 0.25) is 5.91 Å². The third-order valence-electron chi connectivity index (χ3n) is 4.77. The number of benzene rings is 3. The van der Waals surface area contributed by atoms with E-state index in [1.807, 2.05) is 30.3 Å². The van der Waals surface area contributed by atoms with Gasteiger partial charge in [0.25, 0.3) is 5.91 Å². The third kappa shape index (κ3) is 8.65. The summed E-state index contributed by atoms with van der Waals surface area (Å²) in [7, 11) is 0. The molecule has 0 bridgehead atoms. The van der Waals surface area contributed by atoms with Crippen LogP contribution in [0.3, 0.4) is 0 Å². The standard InChI is InChI=1S/C25H24ClN3O6/c26-19-7-4-8-20(14-19)27-24(31)22(28-25(32)35-15-18-5-2-1-3-6-18)13-17-9-11-21(12-10-17)34-16-23(30)29-33/h1-12,14,22,33H,13,15-16H2,(H,27,31)(H,28,32)(H,29,30)/t22-/m0/s1. The molecule has 3 amide bonds. The SMILES string of the molecule is O=C(COc1ccc(C[C@H](NC(=O)OCc2ccccc2)C(=O)Nc2cccc(Cl)c2)cc1)NO. The maximum Gasteiger partial charge on any atom is 0.408 e. The molecule has 0 heterocycles. The fourth-order valence-corrected chi connectivity index (χ4v) is 3.24. The van der Waals surface area contributed by atoms with E-state index in [0.717, 1.165) is 11.1 Å². The quantitative estimate of drug-likeness (QED) is 0.250. The number of anilines is 1. The van der Waals surface area contributed by atoms with Crippen LogP contribution in [0.5, 0.6) is 5.75 Å². The minimum Gasteiger partial charge on any atom is -0.484 e. The molecule has 3 rings (SSSR count). The Kier molecular flexibility index (Phi) is 9.47. The molecule has 3 aromatic rings. The molecule has 3 aromatic carbocycles. The van der Waals surface area contributed by atoms with Crippen LogP contribution in [0.4, 0.5) is 10.5 Å². The highest BCUT2D eigenvalue weighted by atomic mass is 35.5. The predicted molar refractivity (Wildman–Crippen MR) is 129 cm³/mol. The van der Waals surface area contributed by atoms with Crippen molar-refractivity contribution in [3.63, 3.8) is 0 Å². The maximum absolute atomic E-state index is 13.0. The number of ether oxygens (including phenoxy) is 2. The fraction of sp³-hybridized carbons (Fsp3) is 0.160. The van der Waals surface area contributed by atoms with E-state index in [0.29, 0.717) is 16.5 Å². The van der Waals surface area contributed by atoms with Gasteiger partial charge in [0.05, 0.1) is 0 Å². The highest BCUT2D eigenvalue weighted by Crippen LogP contribution is 2.17. The third-order valence-corrected chi connectivity index (χ3v) is 5.01. The Balaban J connectivity index is 1.67. The number of carbonyl (C=O) groups is 3. The van der Waals surface area contributed by atoms with Crippen LogP contribution in [-0.2, 0) is 27.4 Å². The Labute approximate surface area is 207 Å². The van der Waals surface area contributed by atoms with E-state index in [2.05, 4.69) is 10.6 Å². The number of hydrogen-bond donors (Lipinski definition) is 4. The van der Waals surface area contributed by atoms with Gasteiger partial charge >= 0.3 is 6.09 Å². The summed E-state index contributed by atoms with van der Waals surface area (Å²) in [5.74, 6) is -0.749. The van der Waals surface area contributed by atoms with Crippen LogP contribution in [0.1, 0.15) is 11.1 Å². The Morgan fingerprint density at radius 2 is 1.66 bits per heavy atom. The van der Waals surface area contributed by atoms with E-state index in [1.165, 1.54) is 5.48 Å². The zero-order chi connectivity index (χ0) is 25.0. The van der Waals surface area contributed by atoms with Crippen molar-refractivity contribution in [2.24, 2.45) is 0 Å². The first-order chi connectivity index (χ1) is 16.9.